The van der Waals surface area contributed by atoms with E-state index in [9.17, 15) is 0 Å². The van der Waals surface area contributed by atoms with Crippen molar-refractivity contribution < 1.29 is 0 Å². The van der Waals surface area contributed by atoms with Gasteiger partial charge in [0.25, 0.3) is 0 Å². The van der Waals surface area contributed by atoms with Gasteiger partial charge in [0.05, 0.1) is 34.1 Å². The van der Waals surface area contributed by atoms with Gasteiger partial charge in [0.1, 0.15) is 87.5 Å². The second kappa shape index (κ2) is 37.4. The lowest BCUT2D eigenvalue weighted by molar-refractivity contribution is 0.189. The van der Waals surface area contributed by atoms with E-state index in [1.165, 1.54) is 175 Å². The number of para-hydroxylation sites is 5. The largest absolute Gasteiger partial charge is 0.339 e. The third-order valence-corrected chi connectivity index (χ3v) is 25.2. The van der Waals surface area contributed by atoms with E-state index in [1.807, 2.05) is 29.3 Å². The van der Waals surface area contributed by atoms with E-state index in [0.29, 0.717) is 40.9 Å². The summed E-state index contributed by atoms with van der Waals surface area (Å²) in [6.07, 6.45) is 20.4. The van der Waals surface area contributed by atoms with E-state index in [4.69, 9.17) is 25.5 Å². The molecule has 0 saturated carbocycles. The Labute approximate surface area is 711 Å². The van der Waals surface area contributed by atoms with Gasteiger partial charge < -0.3 is 34.3 Å². The average Bonchev–Trinajstić information content (AvgIpc) is 1.60. The van der Waals surface area contributed by atoms with Crippen LogP contribution in [0, 0.1) is 43.4 Å². The summed E-state index contributed by atoms with van der Waals surface area (Å²) in [6.45, 7) is 38.5. The summed E-state index contributed by atoms with van der Waals surface area (Å²) in [5.74, 6) is 10.4. The number of amidine groups is 7. The van der Waals surface area contributed by atoms with Crippen molar-refractivity contribution in [1.82, 2.24) is 39.3 Å². The minimum Gasteiger partial charge on any atom is -0.339 e. The molecule has 21 nitrogen and oxygen atoms in total. The first-order valence-corrected chi connectivity index (χ1v) is 44.6. The number of hydrogen-bond donors (Lipinski definition) is 0. The molecule has 5 atom stereocenters. The molecule has 0 N–H and O–H groups in total. The molecule has 14 heterocycles. The van der Waals surface area contributed by atoms with Gasteiger partial charge in [-0.15, -0.1) is 0 Å². The summed E-state index contributed by atoms with van der Waals surface area (Å²) in [4.78, 5) is 17.1. The number of fused-ring (bicyclic) bond motifs is 7. The first-order valence-electron chi connectivity index (χ1n) is 44.6. The van der Waals surface area contributed by atoms with Gasteiger partial charge >= 0.3 is 0 Å². The molecule has 7 saturated heterocycles. The van der Waals surface area contributed by atoms with Crippen LogP contribution in [-0.2, 0) is 6.42 Å². The van der Waals surface area contributed by atoms with Gasteiger partial charge in [-0.2, -0.15) is 35.7 Å². The summed E-state index contributed by atoms with van der Waals surface area (Å²) < 4.78 is 0. The highest BCUT2D eigenvalue weighted by atomic mass is 15.6. The highest BCUT2D eigenvalue weighted by Gasteiger charge is 2.43. The first-order chi connectivity index (χ1) is 57.5. The quantitative estimate of drug-likeness (QED) is 0.115. The lowest BCUT2D eigenvalue weighted by Crippen LogP contribution is -2.42. The maximum absolute atomic E-state index is 4.79. The van der Waals surface area contributed by atoms with Crippen molar-refractivity contribution in [3.05, 3.63) is 216 Å². The molecule has 14 aliphatic heterocycles. The Bertz CT molecular complexity index is 4680. The molecule has 0 aromatic heterocycles. The Kier molecular flexibility index (Phi) is 26.2. The van der Waals surface area contributed by atoms with Gasteiger partial charge in [0.2, 0.25) is 0 Å². The van der Waals surface area contributed by atoms with Crippen molar-refractivity contribution >= 4 is 75.0 Å². The van der Waals surface area contributed by atoms with Crippen molar-refractivity contribution in [2.45, 2.75) is 229 Å². The third-order valence-electron chi connectivity index (χ3n) is 25.2. The number of aryl methyl sites for hydroxylation is 3. The molecule has 21 heteroatoms. The Balaban J connectivity index is 0.000000109. The van der Waals surface area contributed by atoms with E-state index in [2.05, 4.69) is 341 Å². The summed E-state index contributed by atoms with van der Waals surface area (Å²) in [5.41, 5.74) is 13.4. The van der Waals surface area contributed by atoms with Crippen LogP contribution in [0.1, 0.15) is 194 Å². The van der Waals surface area contributed by atoms with Crippen molar-refractivity contribution in [2.75, 3.05) is 96.9 Å². The monoisotopic (exact) mass is 1600 g/mol. The molecule has 7 aromatic carbocycles. The van der Waals surface area contributed by atoms with E-state index in [0.717, 1.165) is 104 Å². The minimum atomic E-state index is 0.323. The maximum Gasteiger partial charge on any atom is 0.127 e. The number of anilines is 6. The molecular weight excluding hydrogens is 1470 g/mol. The molecule has 14 aliphatic rings. The zero-order chi connectivity index (χ0) is 82.9. The van der Waals surface area contributed by atoms with Crippen LogP contribution in [0.3, 0.4) is 0 Å². The zero-order valence-electron chi connectivity index (χ0n) is 73.8. The van der Waals surface area contributed by atoms with Gasteiger partial charge in [-0.25, -0.2) is 30.1 Å². The molecule has 0 aliphatic carbocycles. The number of hydrogen-bond acceptors (Lipinski definition) is 21. The van der Waals surface area contributed by atoms with Gasteiger partial charge in [-0.1, -0.05) is 208 Å². The van der Waals surface area contributed by atoms with E-state index in [-0.39, 0.29) is 0 Å². The molecule has 7 aromatic rings. The van der Waals surface area contributed by atoms with Crippen LogP contribution in [0.5, 0.6) is 0 Å². The van der Waals surface area contributed by atoms with Crippen molar-refractivity contribution in [2.24, 2.45) is 58.4 Å². The second-order valence-electron chi connectivity index (χ2n) is 37.6. The molecular formula is C98H133N21. The van der Waals surface area contributed by atoms with E-state index in [1.54, 1.807) is 0 Å². The molecule has 0 amide bonds. The average molecular weight is 1610 g/mol. The number of hydrazone groups is 7. The minimum absolute atomic E-state index is 0.323. The SMILES string of the molecule is CC(C)(C)[C@H]1CCC2=NN(c3ccccc3)CN21.CC(C)C[C@H]1CCC2=NN(c3ccccc3)CN21.CC(C)[C@H]1CCC2=NN(c3ccccc3)CN21.CN1CN2C(=N1)CC[C@@H]2CC(C)(C)C.Cc1cc(C)c(N2CN3CCCC3=N2)c(C)c1.c1ccc(C[C@H]2CCC3=NN(c4ccccc4)CN32)cc1.c1ccc(N2CN3CCCC3=N2)cc1. The number of benzene rings is 7. The van der Waals surface area contributed by atoms with Crippen LogP contribution < -0.4 is 30.1 Å². The molecule has 0 radical (unpaired) electrons. The van der Waals surface area contributed by atoms with Gasteiger partial charge in [-0.05, 0) is 185 Å². The summed E-state index contributed by atoms with van der Waals surface area (Å²) in [5, 5.41) is 47.6. The lowest BCUT2D eigenvalue weighted by Gasteiger charge is -2.34. The second-order valence-corrected chi connectivity index (χ2v) is 37.6. The third kappa shape index (κ3) is 20.5. The number of nitrogens with zero attached hydrogens (tertiary/aromatic N) is 21. The zero-order valence-corrected chi connectivity index (χ0v) is 73.8. The standard InChI is InChI=1S/C18H19N3.2C15H21N3.2C14H19N3.C11H13N3.C11H21N3/c1-3-7-15(8-4-1)13-17-11-12-18-19-21(14-20(17)18)16-9-5-2-6-10-16;1-15(2,3)13-9-10-14-16-18(11-17(13)14)12-7-5-4-6-8-12;1-12(2)10-14-8-9-15-16-18(11-17(14)15)13-6-4-3-5-7-13;1-10-7-11(2)14(12(3)8-10)17-9-16-6-4-5-13(16)15-17;1-11(2)13-8-9-14-15-17(10-16(13)14)12-6-4-3-5-7-12;1-2-5-10(6-3-1)14-9-13-8-4-7-11(13)12-14;1-11(2,3)7-9-5-6-10-12-13(4)8-14(9)10/h1-10,17H,11-14H2;4-8,13H,9-11H2,1-3H3;3-7,12,14H,8-11H2,1-2H3;7-8H,4-6,9H2,1-3H3;3-7,11,13H,8-10H2,1-2H3;1-3,5-6H,4,7-9H2;9H,5-8H2,1-4H3/t17-;13-;14-;;13-;;9-/m111.1.1/s1. The van der Waals surface area contributed by atoms with Gasteiger partial charge in [0.15, 0.2) is 0 Å². The highest BCUT2D eigenvalue weighted by molar-refractivity contribution is 5.91. The fraction of sp³-hybridized carbons (Fsp3) is 0.500. The van der Waals surface area contributed by atoms with Crippen LogP contribution in [-0.4, -0.2) is 177 Å². The van der Waals surface area contributed by atoms with Gasteiger partial charge in [0, 0.05) is 95.3 Å². The molecule has 119 heavy (non-hydrogen) atoms. The van der Waals surface area contributed by atoms with Gasteiger partial charge in [-0.3, -0.25) is 5.01 Å². The van der Waals surface area contributed by atoms with Crippen molar-refractivity contribution in [1.29, 1.82) is 0 Å². The fourth-order valence-electron chi connectivity index (χ4n) is 19.6. The molecule has 0 bridgehead atoms. The van der Waals surface area contributed by atoms with E-state index < -0.39 is 0 Å². The summed E-state index contributed by atoms with van der Waals surface area (Å²) in [6, 6.07) is 70.6. The molecule has 0 unspecified atom stereocenters. The highest BCUT2D eigenvalue weighted by Crippen LogP contribution is 2.40. The number of rotatable bonds is 12. The van der Waals surface area contributed by atoms with Crippen LogP contribution in [0.4, 0.5) is 34.1 Å². The maximum atomic E-state index is 4.79. The lowest BCUT2D eigenvalue weighted by atomic mass is 9.85. The summed E-state index contributed by atoms with van der Waals surface area (Å²) in [7, 11) is 2.06. The van der Waals surface area contributed by atoms with Crippen molar-refractivity contribution in [3.63, 3.8) is 0 Å². The Morgan fingerprint density at radius 3 is 1.18 bits per heavy atom. The topological polar surface area (TPSA) is 132 Å². The normalized spacial score (nSPS) is 22.1. The molecule has 630 valence electrons. The van der Waals surface area contributed by atoms with Crippen LogP contribution in [0.25, 0.3) is 0 Å². The predicted octanol–water partition coefficient (Wildman–Crippen LogP) is 19.7. The Morgan fingerprint density at radius 1 is 0.361 bits per heavy atom. The molecule has 21 rings (SSSR count). The Morgan fingerprint density at radius 2 is 0.723 bits per heavy atom. The summed E-state index contributed by atoms with van der Waals surface area (Å²) >= 11 is 0. The fourth-order valence-corrected chi connectivity index (χ4v) is 19.6. The van der Waals surface area contributed by atoms with Crippen molar-refractivity contribution in [3.8, 4) is 0 Å². The van der Waals surface area contributed by atoms with Crippen LogP contribution in [0.2, 0.25) is 0 Å². The smallest absolute Gasteiger partial charge is 0.127 e. The first kappa shape index (κ1) is 83.5. The molecule has 7 fully saturated rings. The predicted molar refractivity (Wildman–Crippen MR) is 496 cm³/mol. The van der Waals surface area contributed by atoms with Crippen LogP contribution >= 0.6 is 0 Å². The molecule has 0 spiro atoms. The van der Waals surface area contributed by atoms with Crippen LogP contribution in [0.15, 0.2) is 230 Å². The van der Waals surface area contributed by atoms with E-state index >= 15 is 0 Å². The Hall–Kier alpha value is -10.6.